The summed E-state index contributed by atoms with van der Waals surface area (Å²) in [5.41, 5.74) is 0. The van der Waals surface area contributed by atoms with Crippen LogP contribution in [-0.4, -0.2) is 62.3 Å². The second kappa shape index (κ2) is 6.00. The van der Waals surface area contributed by atoms with Crippen molar-refractivity contribution in [2.45, 2.75) is 56.3 Å². The lowest BCUT2D eigenvalue weighted by Crippen LogP contribution is -2.46. The van der Waals surface area contributed by atoms with Gasteiger partial charge in [0.05, 0.1) is 12.1 Å². The molecule has 3 aliphatic rings. The molecule has 2 N–H and O–H groups in total. The van der Waals surface area contributed by atoms with E-state index in [0.717, 1.165) is 31.6 Å². The van der Waals surface area contributed by atoms with E-state index in [9.17, 15) is 4.79 Å². The molecule has 0 aromatic rings. The van der Waals surface area contributed by atoms with E-state index in [1.54, 1.807) is 7.11 Å². The van der Waals surface area contributed by atoms with Gasteiger partial charge in [-0.3, -0.25) is 4.79 Å². The Labute approximate surface area is 121 Å². The maximum Gasteiger partial charge on any atom is 0.237 e. The summed E-state index contributed by atoms with van der Waals surface area (Å²) >= 11 is 0. The molecule has 4 unspecified atom stereocenters. The topological polar surface area (TPSA) is 53.6 Å². The smallest absolute Gasteiger partial charge is 0.237 e. The minimum absolute atomic E-state index is 0.0667. The molecule has 0 spiro atoms. The monoisotopic (exact) mass is 281 g/mol. The first-order valence-electron chi connectivity index (χ1n) is 7.93. The van der Waals surface area contributed by atoms with Crippen LogP contribution in [0, 0.1) is 5.92 Å². The van der Waals surface area contributed by atoms with Gasteiger partial charge >= 0.3 is 0 Å². The number of nitrogens with one attached hydrogen (secondary N) is 2. The fourth-order valence-electron chi connectivity index (χ4n) is 4.14. The molecule has 3 fully saturated rings. The van der Waals surface area contributed by atoms with Gasteiger partial charge in [-0.25, -0.2) is 0 Å². The SMILES string of the molecule is COC1CNC(C(=O)NCC2CC3CCC(C2)N3C)C1. The minimum atomic E-state index is -0.0667. The molecule has 0 aromatic carbocycles. The second-order valence-corrected chi connectivity index (χ2v) is 6.69. The molecule has 0 saturated carbocycles. The number of ether oxygens (including phenoxy) is 1. The summed E-state index contributed by atoms with van der Waals surface area (Å²) in [7, 11) is 3.96. The van der Waals surface area contributed by atoms with Crippen molar-refractivity contribution in [3.63, 3.8) is 0 Å². The van der Waals surface area contributed by atoms with Crippen LogP contribution >= 0.6 is 0 Å². The molecule has 0 radical (unpaired) electrons. The van der Waals surface area contributed by atoms with Crippen LogP contribution < -0.4 is 10.6 Å². The Morgan fingerprint density at radius 1 is 1.30 bits per heavy atom. The van der Waals surface area contributed by atoms with Crippen molar-refractivity contribution >= 4 is 5.91 Å². The summed E-state index contributed by atoms with van der Waals surface area (Å²) in [6, 6.07) is 1.43. The van der Waals surface area contributed by atoms with E-state index in [2.05, 4.69) is 22.6 Å². The molecule has 0 aliphatic carbocycles. The summed E-state index contributed by atoms with van der Waals surface area (Å²) in [4.78, 5) is 14.7. The molecular weight excluding hydrogens is 254 g/mol. The number of nitrogens with zero attached hydrogens (tertiary/aromatic N) is 1. The Bertz CT molecular complexity index is 349. The Morgan fingerprint density at radius 3 is 2.60 bits per heavy atom. The van der Waals surface area contributed by atoms with E-state index in [0.29, 0.717) is 5.92 Å². The minimum Gasteiger partial charge on any atom is -0.380 e. The third-order valence-corrected chi connectivity index (χ3v) is 5.50. The number of piperidine rings is 1. The van der Waals surface area contributed by atoms with E-state index < -0.39 is 0 Å². The van der Waals surface area contributed by atoms with Gasteiger partial charge in [-0.15, -0.1) is 0 Å². The predicted molar refractivity (Wildman–Crippen MR) is 77.5 cm³/mol. The molecule has 1 amide bonds. The third kappa shape index (κ3) is 2.85. The van der Waals surface area contributed by atoms with E-state index in [1.165, 1.54) is 25.7 Å². The molecule has 3 rings (SSSR count). The molecule has 4 atom stereocenters. The zero-order valence-corrected chi connectivity index (χ0v) is 12.6. The van der Waals surface area contributed by atoms with Gasteiger partial charge in [0.15, 0.2) is 0 Å². The maximum absolute atomic E-state index is 12.2. The lowest BCUT2D eigenvalue weighted by molar-refractivity contribution is -0.123. The van der Waals surface area contributed by atoms with Gasteiger partial charge in [-0.2, -0.15) is 0 Å². The first-order valence-corrected chi connectivity index (χ1v) is 7.93. The fraction of sp³-hybridized carbons (Fsp3) is 0.933. The highest BCUT2D eigenvalue weighted by atomic mass is 16.5. The van der Waals surface area contributed by atoms with Crippen LogP contribution in [0.3, 0.4) is 0 Å². The van der Waals surface area contributed by atoms with Crippen molar-refractivity contribution in [2.75, 3.05) is 27.2 Å². The van der Waals surface area contributed by atoms with Crippen molar-refractivity contribution in [2.24, 2.45) is 5.92 Å². The molecular formula is C15H27N3O2. The molecule has 5 heteroatoms. The summed E-state index contributed by atoms with van der Waals surface area (Å²) in [5, 5.41) is 6.38. The number of hydrogen-bond acceptors (Lipinski definition) is 4. The van der Waals surface area contributed by atoms with Gasteiger partial charge in [-0.1, -0.05) is 0 Å². The van der Waals surface area contributed by atoms with Crippen molar-refractivity contribution in [3.05, 3.63) is 0 Å². The highest BCUT2D eigenvalue weighted by Crippen LogP contribution is 2.36. The average Bonchev–Trinajstić information content (AvgIpc) is 2.99. The number of carbonyl (C=O) groups is 1. The van der Waals surface area contributed by atoms with Gasteiger partial charge < -0.3 is 20.3 Å². The molecule has 3 heterocycles. The summed E-state index contributed by atoms with van der Waals surface area (Å²) in [5.74, 6) is 0.808. The zero-order valence-electron chi connectivity index (χ0n) is 12.6. The maximum atomic E-state index is 12.2. The van der Waals surface area contributed by atoms with Crippen molar-refractivity contribution in [1.82, 2.24) is 15.5 Å². The van der Waals surface area contributed by atoms with Crippen LogP contribution in [-0.2, 0) is 9.53 Å². The molecule has 114 valence electrons. The highest BCUT2D eigenvalue weighted by molar-refractivity contribution is 5.82. The molecule has 3 saturated heterocycles. The number of fused-ring (bicyclic) bond motifs is 2. The van der Waals surface area contributed by atoms with Gasteiger partial charge in [0.2, 0.25) is 5.91 Å². The number of methoxy groups -OCH3 is 1. The fourth-order valence-corrected chi connectivity index (χ4v) is 4.14. The van der Waals surface area contributed by atoms with Crippen LogP contribution in [0.4, 0.5) is 0 Å². The van der Waals surface area contributed by atoms with E-state index in [1.807, 2.05) is 0 Å². The van der Waals surface area contributed by atoms with Crippen molar-refractivity contribution in [3.8, 4) is 0 Å². The summed E-state index contributed by atoms with van der Waals surface area (Å²) < 4.78 is 5.29. The number of carbonyl (C=O) groups excluding carboxylic acids is 1. The quantitative estimate of drug-likeness (QED) is 0.781. The number of amides is 1. The standard InChI is InChI=1S/C15H27N3O2/c1-18-11-3-4-12(18)6-10(5-11)8-17-15(19)14-7-13(20-2)9-16-14/h10-14,16H,3-9H2,1-2H3,(H,17,19). The molecule has 20 heavy (non-hydrogen) atoms. The van der Waals surface area contributed by atoms with E-state index in [4.69, 9.17) is 4.74 Å². The average molecular weight is 281 g/mol. The number of rotatable bonds is 4. The van der Waals surface area contributed by atoms with Crippen LogP contribution in [0.1, 0.15) is 32.1 Å². The molecule has 3 aliphatic heterocycles. The first kappa shape index (κ1) is 14.3. The molecule has 0 aromatic heterocycles. The lowest BCUT2D eigenvalue weighted by Gasteiger charge is -2.36. The van der Waals surface area contributed by atoms with Crippen LogP contribution in [0.25, 0.3) is 0 Å². The Morgan fingerprint density at radius 2 is 2.00 bits per heavy atom. The summed E-state index contributed by atoms with van der Waals surface area (Å²) in [6.07, 6.45) is 6.14. The van der Waals surface area contributed by atoms with Crippen molar-refractivity contribution in [1.29, 1.82) is 0 Å². The van der Waals surface area contributed by atoms with Gasteiger partial charge in [-0.05, 0) is 45.1 Å². The van der Waals surface area contributed by atoms with Crippen LogP contribution in [0.5, 0.6) is 0 Å². The van der Waals surface area contributed by atoms with Crippen LogP contribution in [0.2, 0.25) is 0 Å². The van der Waals surface area contributed by atoms with Gasteiger partial charge in [0.1, 0.15) is 0 Å². The first-order chi connectivity index (χ1) is 9.67. The van der Waals surface area contributed by atoms with E-state index >= 15 is 0 Å². The van der Waals surface area contributed by atoms with Gasteiger partial charge in [0.25, 0.3) is 0 Å². The molecule has 2 bridgehead atoms. The zero-order chi connectivity index (χ0) is 14.1. The second-order valence-electron chi connectivity index (χ2n) is 6.69. The third-order valence-electron chi connectivity index (χ3n) is 5.50. The summed E-state index contributed by atoms with van der Waals surface area (Å²) in [6.45, 7) is 1.63. The number of hydrogen-bond donors (Lipinski definition) is 2. The largest absolute Gasteiger partial charge is 0.380 e. The molecule has 5 nitrogen and oxygen atoms in total. The van der Waals surface area contributed by atoms with E-state index in [-0.39, 0.29) is 18.1 Å². The highest BCUT2D eigenvalue weighted by Gasteiger charge is 2.38. The lowest BCUT2D eigenvalue weighted by atomic mass is 9.91. The Balaban J connectivity index is 1.43. The Kier molecular flexibility index (Phi) is 4.29. The van der Waals surface area contributed by atoms with Crippen LogP contribution in [0.15, 0.2) is 0 Å². The Hall–Kier alpha value is -0.650. The van der Waals surface area contributed by atoms with Crippen molar-refractivity contribution < 1.29 is 9.53 Å². The normalized spacial score (nSPS) is 41.0. The predicted octanol–water partition coefficient (Wildman–Crippen LogP) is 0.352. The van der Waals surface area contributed by atoms with Gasteiger partial charge in [0, 0.05) is 32.3 Å².